The molecular weight excluding hydrogens is 943 g/mol. The summed E-state index contributed by atoms with van der Waals surface area (Å²) in [6, 6.07) is 78.1. The molecule has 0 fully saturated rings. The summed E-state index contributed by atoms with van der Waals surface area (Å²) in [5.74, 6) is 1.29. The second-order valence-corrected chi connectivity index (χ2v) is 20.6. The standard InChI is InChI=1S/C65H35N7S2/c66-36-38-13-12-16-40(33-38)52-35-43(72-54-22-9-5-20-51(54)60-56(72)32-30-48-46-18-7-11-24-58(46)74-62(48)60)26-28-49(52)65-69-63(39-14-2-1-3-15-39)68-64(70-65)44-27-25-42(34-41(44)37-67)71-53-21-8-4-19-50(53)59-55(71)31-29-47-45-17-6-10-23-57(45)73-61(47)59/h1-35H. The van der Waals surface area contributed by atoms with Crippen molar-refractivity contribution < 1.29 is 0 Å². The Hall–Kier alpha value is -9.77. The number of rotatable bonds is 6. The summed E-state index contributed by atoms with van der Waals surface area (Å²) in [5.41, 5.74) is 11.0. The molecule has 7 nitrogen and oxygen atoms in total. The monoisotopic (exact) mass is 977 g/mol. The molecule has 10 aromatic carbocycles. The molecule has 342 valence electrons. The number of nitrogens with zero attached hydrogens (tertiary/aromatic N) is 7. The van der Waals surface area contributed by atoms with Crippen LogP contribution in [0.25, 0.3) is 141 Å². The van der Waals surface area contributed by atoms with Gasteiger partial charge < -0.3 is 9.13 Å². The smallest absolute Gasteiger partial charge is 0.165 e. The van der Waals surface area contributed by atoms with Gasteiger partial charge in [0, 0.05) is 90.0 Å². The summed E-state index contributed by atoms with van der Waals surface area (Å²) in [6.45, 7) is 0. The van der Waals surface area contributed by atoms with Crippen molar-refractivity contribution in [1.29, 1.82) is 10.5 Å². The number of benzene rings is 10. The van der Waals surface area contributed by atoms with Gasteiger partial charge in [-0.05, 0) is 96.1 Å². The largest absolute Gasteiger partial charge is 0.309 e. The third kappa shape index (κ3) is 6.31. The van der Waals surface area contributed by atoms with Crippen molar-refractivity contribution in [3.63, 3.8) is 0 Å². The molecule has 0 amide bonds. The maximum Gasteiger partial charge on any atom is 0.165 e. The minimum atomic E-state index is 0.377. The molecule has 15 aromatic rings. The molecular formula is C65H35N7S2. The second-order valence-electron chi connectivity index (χ2n) is 18.5. The molecule has 0 aliphatic carbocycles. The number of para-hydroxylation sites is 2. The zero-order valence-electron chi connectivity index (χ0n) is 39.2. The van der Waals surface area contributed by atoms with Crippen LogP contribution < -0.4 is 0 Å². The van der Waals surface area contributed by atoms with Crippen LogP contribution >= 0.6 is 22.7 Å². The summed E-state index contributed by atoms with van der Waals surface area (Å²) in [7, 11) is 0. The number of thiophene rings is 2. The number of hydrogen-bond acceptors (Lipinski definition) is 7. The van der Waals surface area contributed by atoms with E-state index in [-0.39, 0.29) is 0 Å². The first-order chi connectivity index (χ1) is 36.6. The fourth-order valence-electron chi connectivity index (χ4n) is 11.2. The number of aromatic nitrogens is 5. The van der Waals surface area contributed by atoms with Crippen LogP contribution in [0.5, 0.6) is 0 Å². The molecule has 0 atom stereocenters. The first kappa shape index (κ1) is 42.0. The van der Waals surface area contributed by atoms with Crippen molar-refractivity contribution in [2.75, 3.05) is 0 Å². The highest BCUT2D eigenvalue weighted by molar-refractivity contribution is 7.27. The Labute approximate surface area is 431 Å². The fourth-order valence-corrected chi connectivity index (χ4v) is 13.7. The van der Waals surface area contributed by atoms with Crippen LogP contribution in [0.3, 0.4) is 0 Å². The van der Waals surface area contributed by atoms with E-state index in [1.54, 1.807) is 0 Å². The molecule has 0 aliphatic heterocycles. The Morgan fingerprint density at radius 2 is 0.865 bits per heavy atom. The van der Waals surface area contributed by atoms with Crippen LogP contribution in [0.15, 0.2) is 212 Å². The van der Waals surface area contributed by atoms with Gasteiger partial charge in [-0.25, -0.2) is 15.0 Å². The molecule has 15 rings (SSSR count). The zero-order chi connectivity index (χ0) is 49.0. The van der Waals surface area contributed by atoms with Crippen molar-refractivity contribution >= 4 is 107 Å². The summed E-state index contributed by atoms with van der Waals surface area (Å²) in [5, 5.41) is 31.0. The lowest BCUT2D eigenvalue weighted by Crippen LogP contribution is -2.03. The van der Waals surface area contributed by atoms with Crippen LogP contribution in [-0.2, 0) is 0 Å². The van der Waals surface area contributed by atoms with E-state index in [0.717, 1.165) is 61.1 Å². The minimum absolute atomic E-state index is 0.377. The normalized spacial score (nSPS) is 11.8. The van der Waals surface area contributed by atoms with E-state index in [1.165, 1.54) is 56.5 Å². The van der Waals surface area contributed by atoms with Crippen LogP contribution in [0.2, 0.25) is 0 Å². The lowest BCUT2D eigenvalue weighted by Gasteiger charge is -2.16. The Kier molecular flexibility index (Phi) is 9.29. The van der Waals surface area contributed by atoms with Gasteiger partial charge in [0.25, 0.3) is 0 Å². The summed E-state index contributed by atoms with van der Waals surface area (Å²) >= 11 is 3.65. The predicted molar refractivity (Wildman–Crippen MR) is 305 cm³/mol. The number of hydrogen-bond donors (Lipinski definition) is 0. The van der Waals surface area contributed by atoms with Crippen LogP contribution in [-0.4, -0.2) is 24.1 Å². The molecule has 0 unspecified atom stereocenters. The van der Waals surface area contributed by atoms with E-state index in [0.29, 0.717) is 34.2 Å². The molecule has 74 heavy (non-hydrogen) atoms. The Morgan fingerprint density at radius 1 is 0.351 bits per heavy atom. The molecule has 9 heteroatoms. The molecule has 5 aromatic heterocycles. The van der Waals surface area contributed by atoms with Crippen molar-refractivity contribution in [3.8, 4) is 68.8 Å². The maximum atomic E-state index is 11.1. The molecule has 5 heterocycles. The number of nitriles is 2. The summed E-state index contributed by atoms with van der Waals surface area (Å²) < 4.78 is 9.63. The molecule has 0 spiro atoms. The average Bonchev–Trinajstić information content (AvgIpc) is 4.23. The molecule has 0 N–H and O–H groups in total. The van der Waals surface area contributed by atoms with Crippen molar-refractivity contribution in [2.45, 2.75) is 0 Å². The van der Waals surface area contributed by atoms with Crippen molar-refractivity contribution in [1.82, 2.24) is 24.1 Å². The van der Waals surface area contributed by atoms with Crippen LogP contribution in [0, 0.1) is 22.7 Å². The SMILES string of the molecule is N#Cc1cccc(-c2cc(-n3c4ccccc4c4c5sc6ccccc6c5ccc43)ccc2-c2nc(-c3ccccc3)nc(-c3ccc(-n4c5ccccc5c5c6sc7ccccc7c6ccc54)cc3C#N)n2)c1. The zero-order valence-corrected chi connectivity index (χ0v) is 40.8. The van der Waals surface area contributed by atoms with E-state index < -0.39 is 0 Å². The topological polar surface area (TPSA) is 96.1 Å². The third-order valence-electron chi connectivity index (χ3n) is 14.5. The highest BCUT2D eigenvalue weighted by atomic mass is 32.1. The van der Waals surface area contributed by atoms with Gasteiger partial charge in [0.1, 0.15) is 0 Å². The van der Waals surface area contributed by atoms with Gasteiger partial charge in [-0.15, -0.1) is 22.7 Å². The Bertz CT molecular complexity index is 4950. The Balaban J connectivity index is 0.931. The van der Waals surface area contributed by atoms with Gasteiger partial charge in [0.15, 0.2) is 17.5 Å². The van der Waals surface area contributed by atoms with Crippen LogP contribution in [0.1, 0.15) is 11.1 Å². The first-order valence-electron chi connectivity index (χ1n) is 24.3. The van der Waals surface area contributed by atoms with E-state index in [4.69, 9.17) is 15.0 Å². The Morgan fingerprint density at radius 3 is 1.47 bits per heavy atom. The molecule has 0 radical (unpaired) electrons. The van der Waals surface area contributed by atoms with Crippen molar-refractivity contribution in [3.05, 3.63) is 223 Å². The lowest BCUT2D eigenvalue weighted by atomic mass is 9.96. The van der Waals surface area contributed by atoms with Crippen LogP contribution in [0.4, 0.5) is 0 Å². The summed E-state index contributed by atoms with van der Waals surface area (Å²) in [6.07, 6.45) is 0. The highest BCUT2D eigenvalue weighted by Gasteiger charge is 2.23. The lowest BCUT2D eigenvalue weighted by molar-refractivity contribution is 1.07. The molecule has 0 saturated carbocycles. The van der Waals surface area contributed by atoms with Gasteiger partial charge in [-0.2, -0.15) is 10.5 Å². The van der Waals surface area contributed by atoms with Crippen molar-refractivity contribution in [2.24, 2.45) is 0 Å². The first-order valence-corrected chi connectivity index (χ1v) is 25.9. The van der Waals surface area contributed by atoms with Gasteiger partial charge in [-0.1, -0.05) is 127 Å². The fraction of sp³-hybridized carbons (Fsp3) is 0. The van der Waals surface area contributed by atoms with E-state index in [9.17, 15) is 10.5 Å². The van der Waals surface area contributed by atoms with E-state index in [1.807, 2.05) is 89.4 Å². The molecule has 0 aliphatic rings. The van der Waals surface area contributed by atoms with Gasteiger partial charge in [-0.3, -0.25) is 0 Å². The maximum absolute atomic E-state index is 11.1. The van der Waals surface area contributed by atoms with Gasteiger partial charge in [0.2, 0.25) is 0 Å². The molecule has 0 bridgehead atoms. The third-order valence-corrected chi connectivity index (χ3v) is 16.9. The minimum Gasteiger partial charge on any atom is -0.309 e. The highest BCUT2D eigenvalue weighted by Crippen LogP contribution is 2.46. The van der Waals surface area contributed by atoms with E-state index >= 15 is 0 Å². The van der Waals surface area contributed by atoms with E-state index in [2.05, 4.69) is 167 Å². The van der Waals surface area contributed by atoms with Gasteiger partial charge >= 0.3 is 0 Å². The quantitative estimate of drug-likeness (QED) is 0.165. The average molecular weight is 978 g/mol. The predicted octanol–water partition coefficient (Wildman–Crippen LogP) is 17.2. The summed E-state index contributed by atoms with van der Waals surface area (Å²) in [4.78, 5) is 15.6. The number of fused-ring (bicyclic) bond motifs is 14. The molecule has 0 saturated heterocycles. The second kappa shape index (κ2) is 16.4. The van der Waals surface area contributed by atoms with Gasteiger partial charge in [0.05, 0.1) is 45.3 Å².